The average molecular weight is 600 g/mol. The summed E-state index contributed by atoms with van der Waals surface area (Å²) in [4.78, 5) is 56.2. The Morgan fingerprint density at radius 1 is 1.24 bits per heavy atom. The Bertz CT molecular complexity index is 1290. The molecule has 3 rings (SSSR count). The molecular weight excluding hydrogens is 558 g/mol. The lowest BCUT2D eigenvalue weighted by Gasteiger charge is -2.33. The van der Waals surface area contributed by atoms with Crippen molar-refractivity contribution in [3.05, 3.63) is 64.1 Å². The van der Waals surface area contributed by atoms with E-state index in [9.17, 15) is 24.3 Å². The van der Waals surface area contributed by atoms with Crippen molar-refractivity contribution in [2.24, 2.45) is 5.92 Å². The third kappa shape index (κ3) is 8.25. The molecule has 5 atom stereocenters. The van der Waals surface area contributed by atoms with E-state index in [1.165, 1.54) is 25.2 Å². The van der Waals surface area contributed by atoms with E-state index in [0.717, 1.165) is 11.1 Å². The Morgan fingerprint density at radius 3 is 2.45 bits per heavy atom. The van der Waals surface area contributed by atoms with Crippen LogP contribution in [0.5, 0.6) is 0 Å². The van der Waals surface area contributed by atoms with E-state index in [1.807, 2.05) is 51.1 Å². The van der Waals surface area contributed by atoms with Crippen LogP contribution < -0.4 is 5.32 Å². The molecule has 0 bridgehead atoms. The lowest BCUT2D eigenvalue weighted by Crippen LogP contribution is -2.44. The predicted molar refractivity (Wildman–Crippen MR) is 159 cm³/mol. The number of epoxide rings is 1. The summed E-state index contributed by atoms with van der Waals surface area (Å²) in [7, 11) is 1.74. The molecule has 1 saturated heterocycles. The SMILES string of the molecule is C=C(CC)CC(=O)N(C)[C@H](C[C@@H](OC(C)=O)c1nc(C(=O)N[C@@H](Cc2ccccc2)C2OC2(C)C(=O)O)cs1)C(C)C. The van der Waals surface area contributed by atoms with E-state index in [0.29, 0.717) is 24.3 Å². The van der Waals surface area contributed by atoms with Gasteiger partial charge in [0.1, 0.15) is 16.8 Å². The van der Waals surface area contributed by atoms with Gasteiger partial charge in [-0.3, -0.25) is 14.4 Å². The Hall–Kier alpha value is -3.57. The van der Waals surface area contributed by atoms with Crippen molar-refractivity contribution < 1.29 is 33.8 Å². The molecule has 1 aliphatic rings. The summed E-state index contributed by atoms with van der Waals surface area (Å²) in [6, 6.07) is 8.54. The third-order valence-corrected chi connectivity index (χ3v) is 8.55. The van der Waals surface area contributed by atoms with Gasteiger partial charge in [0.05, 0.1) is 6.04 Å². The number of aliphatic carboxylic acids is 1. The molecule has 228 valence electrons. The van der Waals surface area contributed by atoms with Crippen LogP contribution in [0.25, 0.3) is 0 Å². The van der Waals surface area contributed by atoms with Crippen molar-refractivity contribution in [3.63, 3.8) is 0 Å². The van der Waals surface area contributed by atoms with E-state index in [1.54, 1.807) is 17.3 Å². The fourth-order valence-corrected chi connectivity index (χ4v) is 5.74. The first kappa shape index (κ1) is 32.9. The highest BCUT2D eigenvalue weighted by atomic mass is 32.1. The molecule has 0 spiro atoms. The van der Waals surface area contributed by atoms with Crippen LogP contribution in [0, 0.1) is 5.92 Å². The zero-order chi connectivity index (χ0) is 31.2. The first-order chi connectivity index (χ1) is 19.8. The molecule has 2 N–H and O–H groups in total. The summed E-state index contributed by atoms with van der Waals surface area (Å²) >= 11 is 1.18. The van der Waals surface area contributed by atoms with Gasteiger partial charge in [0.2, 0.25) is 5.91 Å². The molecule has 42 heavy (non-hydrogen) atoms. The van der Waals surface area contributed by atoms with Crippen LogP contribution in [0.3, 0.4) is 0 Å². The van der Waals surface area contributed by atoms with Crippen molar-refractivity contribution in [1.82, 2.24) is 15.2 Å². The third-order valence-electron chi connectivity index (χ3n) is 7.62. The summed E-state index contributed by atoms with van der Waals surface area (Å²) in [6.45, 7) is 12.7. The van der Waals surface area contributed by atoms with Crippen LogP contribution in [0.15, 0.2) is 47.9 Å². The van der Waals surface area contributed by atoms with Gasteiger partial charge in [-0.25, -0.2) is 9.78 Å². The number of aromatic nitrogens is 1. The summed E-state index contributed by atoms with van der Waals surface area (Å²) < 4.78 is 11.2. The number of amides is 2. The summed E-state index contributed by atoms with van der Waals surface area (Å²) in [5, 5.41) is 14.5. The van der Waals surface area contributed by atoms with Gasteiger partial charge >= 0.3 is 11.9 Å². The topological polar surface area (TPSA) is 138 Å². The number of carboxylic acids is 1. The number of nitrogens with one attached hydrogen (secondary N) is 1. The number of rotatable bonds is 15. The second kappa shape index (κ2) is 14.1. The Balaban J connectivity index is 1.80. The van der Waals surface area contributed by atoms with E-state index >= 15 is 0 Å². The largest absolute Gasteiger partial charge is 0.479 e. The normalized spacial score (nSPS) is 19.8. The van der Waals surface area contributed by atoms with Crippen LogP contribution >= 0.6 is 11.3 Å². The van der Waals surface area contributed by atoms with Crippen molar-refractivity contribution >= 4 is 35.1 Å². The molecule has 1 aromatic carbocycles. The molecule has 11 heteroatoms. The zero-order valence-corrected chi connectivity index (χ0v) is 25.9. The highest BCUT2D eigenvalue weighted by Gasteiger charge is 2.62. The Morgan fingerprint density at radius 2 is 1.90 bits per heavy atom. The zero-order valence-electron chi connectivity index (χ0n) is 25.1. The van der Waals surface area contributed by atoms with Crippen molar-refractivity contribution in [2.75, 3.05) is 7.05 Å². The number of carbonyl (C=O) groups excluding carboxylic acids is 3. The lowest BCUT2D eigenvalue weighted by molar-refractivity contribution is -0.148. The Labute approximate surface area is 251 Å². The number of benzene rings is 1. The molecular formula is C31H41N3O7S. The first-order valence-electron chi connectivity index (χ1n) is 14.1. The maximum atomic E-state index is 13.3. The van der Waals surface area contributed by atoms with Crippen LogP contribution in [0.1, 0.15) is 81.0 Å². The standard InChI is InChI=1S/C31H41N3O7S/c1-8-19(4)14-26(36)34(7)24(18(2)3)16-25(40-20(5)35)29-33-23(17-42-29)28(37)32-22(15-21-12-10-9-11-13-21)27-31(6,41-27)30(38)39/h9-13,17-18,22,24-25,27H,4,8,14-16H2,1-3,5-7H3,(H,32,37)(H,38,39)/t22-,24+,25+,27?,31?/m0/s1. The molecule has 0 radical (unpaired) electrons. The van der Waals surface area contributed by atoms with Crippen LogP contribution in [-0.4, -0.2) is 69.6 Å². The lowest BCUT2D eigenvalue weighted by atomic mass is 9.95. The number of nitrogens with zero attached hydrogens (tertiary/aromatic N) is 2. The van der Waals surface area contributed by atoms with E-state index < -0.39 is 41.7 Å². The van der Waals surface area contributed by atoms with E-state index in [-0.39, 0.29) is 30.0 Å². The monoisotopic (exact) mass is 599 g/mol. The Kier molecular flexibility index (Phi) is 11.0. The number of thiazole rings is 1. The maximum Gasteiger partial charge on any atom is 0.338 e. The number of carboxylic acid groups (broad SMARTS) is 1. The second-order valence-corrected chi connectivity index (χ2v) is 12.1. The van der Waals surface area contributed by atoms with E-state index in [2.05, 4.69) is 16.9 Å². The van der Waals surface area contributed by atoms with Gasteiger partial charge in [-0.1, -0.05) is 63.3 Å². The van der Waals surface area contributed by atoms with Crippen molar-refractivity contribution in [3.8, 4) is 0 Å². The molecule has 2 amide bonds. The second-order valence-electron chi connectivity index (χ2n) is 11.2. The molecule has 2 heterocycles. The number of hydrogen-bond donors (Lipinski definition) is 2. The van der Waals surface area contributed by atoms with Crippen molar-refractivity contribution in [2.45, 2.75) is 90.2 Å². The van der Waals surface area contributed by atoms with Gasteiger partial charge in [-0.05, 0) is 31.2 Å². The maximum absolute atomic E-state index is 13.3. The fourth-order valence-electron chi connectivity index (χ4n) is 4.90. The minimum atomic E-state index is -1.39. The number of carbonyl (C=O) groups is 4. The van der Waals surface area contributed by atoms with Gasteiger partial charge in [0.25, 0.3) is 5.91 Å². The molecule has 2 aromatic rings. The van der Waals surface area contributed by atoms with Crippen LogP contribution in [-0.2, 0) is 30.3 Å². The molecule has 1 aromatic heterocycles. The highest BCUT2D eigenvalue weighted by molar-refractivity contribution is 7.09. The molecule has 1 aliphatic heterocycles. The molecule has 10 nitrogen and oxygen atoms in total. The van der Waals surface area contributed by atoms with Gasteiger partial charge in [-0.2, -0.15) is 0 Å². The number of ether oxygens (including phenoxy) is 2. The van der Waals surface area contributed by atoms with Crippen LogP contribution in [0.2, 0.25) is 0 Å². The van der Waals surface area contributed by atoms with Gasteiger partial charge in [-0.15, -0.1) is 11.3 Å². The average Bonchev–Trinajstić information content (AvgIpc) is 3.40. The number of esters is 1. The fraction of sp³-hybridized carbons (Fsp3) is 0.516. The van der Waals surface area contributed by atoms with E-state index in [4.69, 9.17) is 9.47 Å². The minimum absolute atomic E-state index is 0.0514. The first-order valence-corrected chi connectivity index (χ1v) is 15.0. The molecule has 1 fully saturated rings. The highest BCUT2D eigenvalue weighted by Crippen LogP contribution is 2.40. The molecule has 0 aliphatic carbocycles. The molecule has 0 saturated carbocycles. The molecule has 2 unspecified atom stereocenters. The summed E-state index contributed by atoms with van der Waals surface area (Å²) in [5.41, 5.74) is 0.486. The van der Waals surface area contributed by atoms with Gasteiger partial charge < -0.3 is 24.8 Å². The van der Waals surface area contributed by atoms with Gasteiger partial charge in [0, 0.05) is 38.2 Å². The summed E-state index contributed by atoms with van der Waals surface area (Å²) in [6.07, 6.45) is 0.138. The quantitative estimate of drug-likeness (QED) is 0.173. The summed E-state index contributed by atoms with van der Waals surface area (Å²) in [5.74, 6) is -2.10. The smallest absolute Gasteiger partial charge is 0.338 e. The number of hydrogen-bond acceptors (Lipinski definition) is 8. The van der Waals surface area contributed by atoms with Crippen molar-refractivity contribution in [1.29, 1.82) is 0 Å². The van der Waals surface area contributed by atoms with Crippen LogP contribution in [0.4, 0.5) is 0 Å². The van der Waals surface area contributed by atoms with Gasteiger partial charge in [0.15, 0.2) is 11.7 Å². The minimum Gasteiger partial charge on any atom is -0.479 e. The predicted octanol–water partition coefficient (Wildman–Crippen LogP) is 4.56.